The molecule has 0 aliphatic carbocycles. The predicted molar refractivity (Wildman–Crippen MR) is 126 cm³/mol. The van der Waals surface area contributed by atoms with Crippen molar-refractivity contribution in [1.29, 1.82) is 0 Å². The van der Waals surface area contributed by atoms with Gasteiger partial charge in [0.2, 0.25) is 8.32 Å². The zero-order valence-electron chi connectivity index (χ0n) is 20.1. The maximum absolute atomic E-state index is 13.1. The van der Waals surface area contributed by atoms with Crippen LogP contribution in [-0.2, 0) is 9.59 Å². The summed E-state index contributed by atoms with van der Waals surface area (Å²) in [7, 11) is -2.19. The normalized spacial score (nSPS) is 15.8. The van der Waals surface area contributed by atoms with Gasteiger partial charge in [0.25, 0.3) is 0 Å². The topological polar surface area (TPSA) is 88.1 Å². The Bertz CT molecular complexity index is 1080. The summed E-state index contributed by atoms with van der Waals surface area (Å²) in [6.07, 6.45) is -0.457. The van der Waals surface area contributed by atoms with E-state index in [0.29, 0.717) is 17.2 Å². The number of carbonyl (C=O) groups excluding carboxylic acids is 3. The lowest BCUT2D eigenvalue weighted by atomic mass is 9.95. The molecule has 1 heterocycles. The molecule has 0 unspecified atom stereocenters. The van der Waals surface area contributed by atoms with Gasteiger partial charge in [0.05, 0.1) is 6.42 Å². The summed E-state index contributed by atoms with van der Waals surface area (Å²) in [6, 6.07) is 10.1. The number of carbonyl (C=O) groups is 3. The second kappa shape index (κ2) is 9.01. The molecule has 0 radical (unpaired) electrons. The number of Topliss-reactive ketones (excluding diaryl/α,β-unsaturated/α-hetero) is 1. The number of hydrogen-bond acceptors (Lipinski definition) is 7. The van der Waals surface area contributed by atoms with E-state index >= 15 is 0 Å². The number of ether oxygens (including phenoxy) is 3. The Morgan fingerprint density at radius 3 is 2.12 bits per heavy atom. The van der Waals surface area contributed by atoms with Crippen molar-refractivity contribution >= 4 is 26.0 Å². The molecule has 176 valence electrons. The van der Waals surface area contributed by atoms with Gasteiger partial charge >= 0.3 is 11.9 Å². The highest BCUT2D eigenvalue weighted by atomic mass is 28.4. The first-order valence-electron chi connectivity index (χ1n) is 10.8. The first-order chi connectivity index (χ1) is 15.3. The fourth-order valence-electron chi connectivity index (χ4n) is 3.24. The molecule has 7 nitrogen and oxygen atoms in total. The van der Waals surface area contributed by atoms with Crippen molar-refractivity contribution < 1.29 is 33.0 Å². The van der Waals surface area contributed by atoms with Crippen LogP contribution in [0.1, 0.15) is 63.1 Å². The van der Waals surface area contributed by atoms with Gasteiger partial charge in [0.1, 0.15) is 34.7 Å². The summed E-state index contributed by atoms with van der Waals surface area (Å²) < 4.78 is 23.0. The molecule has 0 saturated carbocycles. The average Bonchev–Trinajstić information content (AvgIpc) is 2.65. The van der Waals surface area contributed by atoms with E-state index in [2.05, 4.69) is 33.9 Å². The molecule has 0 saturated heterocycles. The minimum atomic E-state index is -2.19. The third-order valence-electron chi connectivity index (χ3n) is 5.90. The van der Waals surface area contributed by atoms with E-state index in [0.717, 1.165) is 5.56 Å². The number of benzene rings is 2. The fourth-order valence-corrected chi connectivity index (χ4v) is 4.26. The molecule has 3 rings (SSSR count). The van der Waals surface area contributed by atoms with Gasteiger partial charge in [0, 0.05) is 26.0 Å². The Hall–Kier alpha value is -3.13. The van der Waals surface area contributed by atoms with E-state index < -0.39 is 26.4 Å². The van der Waals surface area contributed by atoms with Crippen LogP contribution in [0.15, 0.2) is 36.4 Å². The summed E-state index contributed by atoms with van der Waals surface area (Å²) in [5.74, 6) is 0.229. The molecule has 1 aliphatic rings. The van der Waals surface area contributed by atoms with Crippen LogP contribution in [0.2, 0.25) is 18.1 Å². The van der Waals surface area contributed by atoms with E-state index in [1.54, 1.807) is 36.4 Å². The lowest BCUT2D eigenvalue weighted by molar-refractivity contribution is -0.132. The Labute approximate surface area is 195 Å². The van der Waals surface area contributed by atoms with E-state index in [1.165, 1.54) is 13.8 Å². The van der Waals surface area contributed by atoms with Crippen LogP contribution in [0, 0.1) is 0 Å². The van der Waals surface area contributed by atoms with Gasteiger partial charge in [-0.05, 0) is 35.8 Å². The summed E-state index contributed by atoms with van der Waals surface area (Å²) in [5.41, 5.74) is 0.996. The molecule has 1 atom stereocenters. The van der Waals surface area contributed by atoms with Gasteiger partial charge in [-0.25, -0.2) is 0 Å². The Kier molecular flexibility index (Phi) is 6.69. The molecule has 0 bridgehead atoms. The second-order valence-electron chi connectivity index (χ2n) is 9.65. The molecule has 0 N–H and O–H groups in total. The smallest absolute Gasteiger partial charge is 0.308 e. The maximum atomic E-state index is 13.1. The van der Waals surface area contributed by atoms with Crippen LogP contribution in [-0.4, -0.2) is 26.0 Å². The van der Waals surface area contributed by atoms with E-state index in [1.807, 2.05) is 0 Å². The van der Waals surface area contributed by atoms with Gasteiger partial charge in [0.15, 0.2) is 5.78 Å². The molecule has 33 heavy (non-hydrogen) atoms. The molecule has 8 heteroatoms. The van der Waals surface area contributed by atoms with Crippen molar-refractivity contribution in [3.8, 4) is 23.0 Å². The summed E-state index contributed by atoms with van der Waals surface area (Å²) in [4.78, 5) is 35.9. The molecular weight excluding hydrogens is 440 g/mol. The van der Waals surface area contributed by atoms with Crippen LogP contribution in [0.4, 0.5) is 0 Å². The van der Waals surface area contributed by atoms with Crippen molar-refractivity contribution in [2.24, 2.45) is 0 Å². The monoisotopic (exact) mass is 470 g/mol. The van der Waals surface area contributed by atoms with Crippen LogP contribution in [0.25, 0.3) is 0 Å². The fraction of sp³-hybridized carbons (Fsp3) is 0.400. The third kappa shape index (κ3) is 5.62. The van der Waals surface area contributed by atoms with Gasteiger partial charge in [-0.3, -0.25) is 14.4 Å². The molecule has 0 amide bonds. The quantitative estimate of drug-likeness (QED) is 0.318. The number of fused-ring (bicyclic) bond motifs is 1. The van der Waals surface area contributed by atoms with E-state index in [9.17, 15) is 14.4 Å². The standard InChI is InChI=1S/C25H30O7Si/c1-15(26)29-18-10-8-17(9-11-18)21-14-20(28)24-22(30-16(2)27)12-19(13-23(24)31-21)32-33(6,7)25(3,4)5/h8-13,21H,14H2,1-7H3/t21-/m1/s1. The first-order valence-corrected chi connectivity index (χ1v) is 13.7. The van der Waals surface area contributed by atoms with Crippen molar-refractivity contribution in [3.05, 3.63) is 47.5 Å². The van der Waals surface area contributed by atoms with Gasteiger partial charge in [-0.1, -0.05) is 32.9 Å². The van der Waals surface area contributed by atoms with Crippen LogP contribution in [0.5, 0.6) is 23.0 Å². The van der Waals surface area contributed by atoms with Crippen LogP contribution >= 0.6 is 0 Å². The molecule has 0 aromatic heterocycles. The predicted octanol–water partition coefficient (Wildman–Crippen LogP) is 5.63. The minimum absolute atomic E-state index is 0.0482. The largest absolute Gasteiger partial charge is 0.543 e. The molecule has 2 aromatic carbocycles. The number of esters is 2. The Morgan fingerprint density at radius 1 is 0.970 bits per heavy atom. The minimum Gasteiger partial charge on any atom is -0.543 e. The lowest BCUT2D eigenvalue weighted by Gasteiger charge is -2.37. The second-order valence-corrected chi connectivity index (χ2v) is 14.4. The summed E-state index contributed by atoms with van der Waals surface area (Å²) in [6.45, 7) is 13.2. The van der Waals surface area contributed by atoms with Crippen molar-refractivity contribution in [1.82, 2.24) is 0 Å². The van der Waals surface area contributed by atoms with Crippen molar-refractivity contribution in [2.75, 3.05) is 0 Å². The highest BCUT2D eigenvalue weighted by Crippen LogP contribution is 2.45. The number of rotatable bonds is 5. The van der Waals surface area contributed by atoms with Crippen molar-refractivity contribution in [2.45, 2.75) is 65.3 Å². The van der Waals surface area contributed by atoms with E-state index in [-0.39, 0.29) is 28.6 Å². The Balaban J connectivity index is 1.98. The third-order valence-corrected chi connectivity index (χ3v) is 10.3. The maximum Gasteiger partial charge on any atom is 0.308 e. The molecule has 0 spiro atoms. The first kappa shape index (κ1) is 24.5. The van der Waals surface area contributed by atoms with Gasteiger partial charge in [-0.2, -0.15) is 0 Å². The molecule has 0 fully saturated rings. The number of ketones is 1. The molecular formula is C25H30O7Si. The summed E-state index contributed by atoms with van der Waals surface area (Å²) >= 11 is 0. The highest BCUT2D eigenvalue weighted by molar-refractivity contribution is 6.74. The van der Waals surface area contributed by atoms with Crippen LogP contribution < -0.4 is 18.6 Å². The van der Waals surface area contributed by atoms with Crippen molar-refractivity contribution in [3.63, 3.8) is 0 Å². The lowest BCUT2D eigenvalue weighted by Crippen LogP contribution is -2.43. The van der Waals surface area contributed by atoms with Gasteiger partial charge in [-0.15, -0.1) is 0 Å². The Morgan fingerprint density at radius 2 is 1.58 bits per heavy atom. The zero-order chi connectivity index (χ0) is 24.6. The highest BCUT2D eigenvalue weighted by Gasteiger charge is 2.40. The van der Waals surface area contributed by atoms with Crippen LogP contribution in [0.3, 0.4) is 0 Å². The van der Waals surface area contributed by atoms with Gasteiger partial charge < -0.3 is 18.6 Å². The SMILES string of the molecule is CC(=O)Oc1ccc([C@H]2CC(=O)c3c(OC(C)=O)cc(O[Si](C)(C)C(C)(C)C)cc3O2)cc1. The molecule has 2 aromatic rings. The zero-order valence-corrected chi connectivity index (χ0v) is 21.1. The van der Waals surface area contributed by atoms with E-state index in [4.69, 9.17) is 18.6 Å². The average molecular weight is 471 g/mol. The summed E-state index contributed by atoms with van der Waals surface area (Å²) in [5, 5.41) is -0.0482. The number of hydrogen-bond donors (Lipinski definition) is 0. The molecule has 1 aliphatic heterocycles.